The van der Waals surface area contributed by atoms with Crippen molar-refractivity contribution in [2.75, 3.05) is 69.6 Å². The highest BCUT2D eigenvalue weighted by atomic mass is 33.1. The fraction of sp³-hybridized carbons (Fsp3) is 0.649. The van der Waals surface area contributed by atoms with Gasteiger partial charge in [0.15, 0.2) is 17.3 Å². The average molecular weight is 1590 g/mol. The Labute approximate surface area is 694 Å². The lowest BCUT2D eigenvalue weighted by atomic mass is 10.0. The molecule has 4 N–H and O–H groups in total. The van der Waals surface area contributed by atoms with Crippen molar-refractivity contribution < 1.29 is 38.0 Å². The minimum absolute atomic E-state index is 0.0184. The van der Waals surface area contributed by atoms with Gasteiger partial charge in [-0.15, -0.1) is 0 Å². The zero-order valence-electron chi connectivity index (χ0n) is 72.4. The van der Waals surface area contributed by atoms with Crippen molar-refractivity contribution >= 4 is 76.0 Å². The van der Waals surface area contributed by atoms with E-state index in [-0.39, 0.29) is 17.9 Å². The lowest BCUT2D eigenvalue weighted by Crippen LogP contribution is -2.30. The maximum absolute atomic E-state index is 12.9. The van der Waals surface area contributed by atoms with Crippen molar-refractivity contribution in [1.82, 2.24) is 20.3 Å². The molecule has 4 aromatic carbocycles. The van der Waals surface area contributed by atoms with Crippen molar-refractivity contribution in [3.63, 3.8) is 0 Å². The van der Waals surface area contributed by atoms with Crippen molar-refractivity contribution in [3.05, 3.63) is 94.0 Å². The number of ether oxygens (including phenoxy) is 7. The first-order valence-corrected chi connectivity index (χ1v) is 47.6. The van der Waals surface area contributed by atoms with E-state index < -0.39 is 0 Å². The first kappa shape index (κ1) is 95.3. The predicted molar refractivity (Wildman–Crippen MR) is 487 cm³/mol. The van der Waals surface area contributed by atoms with E-state index in [4.69, 9.17) is 38.9 Å². The molecule has 1 unspecified atom stereocenters. The summed E-state index contributed by atoms with van der Waals surface area (Å²) in [5.41, 5.74) is 12.4. The number of nitrogens with two attached hydrogens (primary N) is 1. The Morgan fingerprint density at radius 3 is 1.18 bits per heavy atom. The highest BCUT2D eigenvalue weighted by molar-refractivity contribution is 8.77. The van der Waals surface area contributed by atoms with Gasteiger partial charge >= 0.3 is 6.03 Å². The van der Waals surface area contributed by atoms with Crippen LogP contribution in [0.2, 0.25) is 0 Å². The van der Waals surface area contributed by atoms with Crippen molar-refractivity contribution in [2.24, 2.45) is 23.7 Å². The molecule has 0 saturated carbocycles. The summed E-state index contributed by atoms with van der Waals surface area (Å²) in [6, 6.07) is 20.4. The minimum Gasteiger partial charge on any atom is -0.493 e. The van der Waals surface area contributed by atoms with Crippen LogP contribution < -0.4 is 49.5 Å². The number of carbonyl (C=O) groups is 1. The summed E-state index contributed by atoms with van der Waals surface area (Å²) < 4.78 is 48.2. The third-order valence-electron chi connectivity index (χ3n) is 21.8. The number of anilines is 2. The number of benzene rings is 4. The van der Waals surface area contributed by atoms with Gasteiger partial charge in [-0.25, -0.2) is 4.79 Å². The molecule has 5 aromatic rings. The highest BCUT2D eigenvalue weighted by Gasteiger charge is 2.21. The van der Waals surface area contributed by atoms with Crippen LogP contribution in [-0.4, -0.2) is 84.8 Å². The number of hydrogen-bond donors (Lipinski definition) is 3. The fourth-order valence-corrected chi connectivity index (χ4v) is 16.3. The Kier molecular flexibility index (Phi) is 49.9. The highest BCUT2D eigenvalue weighted by Crippen LogP contribution is 2.43. The van der Waals surface area contributed by atoms with Gasteiger partial charge in [-0.05, 0) is 110 Å². The van der Waals surface area contributed by atoms with E-state index in [9.17, 15) is 4.79 Å². The normalized spacial score (nSPS) is 14.1. The van der Waals surface area contributed by atoms with Gasteiger partial charge in [-0.2, -0.15) is 15.0 Å². The third kappa shape index (κ3) is 39.8. The number of nitrogens with one attached hydrogen (secondary N) is 2. The Morgan fingerprint density at radius 1 is 0.425 bits per heavy atom. The molecule has 16 heteroatoms. The maximum atomic E-state index is 12.9. The molecule has 1 fully saturated rings. The Balaban J connectivity index is 1.34. The second kappa shape index (κ2) is 59.2. The average Bonchev–Trinajstić information content (AvgIpc) is 1.31. The number of hydrogen-bond acceptors (Lipinski definition) is 14. The molecule has 1 aliphatic rings. The topological polar surface area (TPSA) is 170 Å². The molecule has 630 valence electrons. The number of amides is 2. The second-order valence-electron chi connectivity index (χ2n) is 32.3. The number of carbonyl (C=O) groups excluding carboxylic acids is 1. The van der Waals surface area contributed by atoms with E-state index >= 15 is 0 Å². The molecule has 6 rings (SSSR count). The van der Waals surface area contributed by atoms with Gasteiger partial charge in [-0.3, -0.25) is 5.32 Å². The van der Waals surface area contributed by atoms with Crippen LogP contribution in [0.15, 0.2) is 60.7 Å². The van der Waals surface area contributed by atoms with Crippen LogP contribution >= 0.6 is 21.6 Å². The molecule has 113 heavy (non-hydrogen) atoms. The number of unbranched alkanes of at least 4 members (excludes halogenated alkanes) is 28. The van der Waals surface area contributed by atoms with Gasteiger partial charge in [0.2, 0.25) is 17.6 Å². The van der Waals surface area contributed by atoms with Gasteiger partial charge in [0.1, 0.15) is 23.0 Å². The zero-order valence-corrected chi connectivity index (χ0v) is 74.0. The van der Waals surface area contributed by atoms with E-state index in [1.54, 1.807) is 0 Å². The monoisotopic (exact) mass is 1590 g/mol. The Bertz CT molecular complexity index is 3400. The smallest absolute Gasteiger partial charge is 0.321 e. The summed E-state index contributed by atoms with van der Waals surface area (Å²) in [7, 11) is 3.95. The van der Waals surface area contributed by atoms with E-state index in [2.05, 4.69) is 175 Å². The molecule has 1 aliphatic heterocycles. The summed E-state index contributed by atoms with van der Waals surface area (Å²) in [5, 5.41) is 6.42. The minimum atomic E-state index is -0.373. The van der Waals surface area contributed by atoms with Gasteiger partial charge in [0.25, 0.3) is 0 Å². The Morgan fingerprint density at radius 2 is 0.796 bits per heavy atom. The number of aromatic nitrogens is 3. The number of rotatable bonds is 65. The third-order valence-corrected chi connectivity index (χ3v) is 24.8. The SMILES string of the molecule is CCCCCCCCCCCCOc1cc(/C=C/c2cc(OC[C@@H](C)CC)c(/C=C/c3cc(OC[C@@H](C)CC)c(/C=C/c4ccc(-c5nc(N)nc(NC(=O)NCCCCC6CCSS6)n5)cc4)cc3OC[C@@H](C)CC)cc2OC[C@@H](C)CC)cc(OCCCCCCCCCCCC)c1OCCCCCCCCCCCC. The molecule has 1 aromatic heterocycles. The van der Waals surface area contributed by atoms with Gasteiger partial charge < -0.3 is 44.2 Å². The van der Waals surface area contributed by atoms with E-state index in [0.717, 1.165) is 161 Å². The molecular weight excluding hydrogens is 1440 g/mol. The number of nitrogens with zero attached hydrogens (tertiary/aromatic N) is 3. The number of nitrogen functional groups attached to an aromatic ring is 1. The molecular formula is C97H152N6O8S2. The summed E-state index contributed by atoms with van der Waals surface area (Å²) >= 11 is 0. The molecule has 14 nitrogen and oxygen atoms in total. The summed E-state index contributed by atoms with van der Waals surface area (Å²) in [4.78, 5) is 26.1. The van der Waals surface area contributed by atoms with Crippen LogP contribution in [0.5, 0.6) is 40.2 Å². The van der Waals surface area contributed by atoms with Crippen LogP contribution in [0.25, 0.3) is 47.8 Å². The summed E-state index contributed by atoms with van der Waals surface area (Å²) in [6.45, 7) is 29.3. The molecule has 0 radical (unpaired) electrons. The molecule has 0 bridgehead atoms. The van der Waals surface area contributed by atoms with Crippen molar-refractivity contribution in [2.45, 2.75) is 325 Å². The van der Waals surface area contributed by atoms with Crippen LogP contribution in [0.3, 0.4) is 0 Å². The van der Waals surface area contributed by atoms with E-state index in [1.165, 1.54) is 173 Å². The standard InChI is InChI=1S/C97H152N6O8S2/c1-12-19-22-25-28-31-34-37-40-45-61-105-91-65-80(66-92(106-62-46-41-38-35-32-29-26-23-20-13-2)93(91)107-63-47-42-39-36-33-30-27-24-21-14-3)52-56-83-68-90(111-74-78(11)18-7)85(70-88(83)109-72-76(9)16-5)58-57-84-69-87(108-71-75(8)15-4)82(67-89(84)110-73-77(10)17-6)55-51-79-49-53-81(54-50-79)94-100-95(98)102-96(101-94)103-97(104)99-60-44-43-48-86-59-64-112-113-86/h49-58,65-70,75-78,86H,12-48,59-64,71-74H2,1-11H3,(H4,98,99,100,101,102,103,104)/b55-51+,56-52+,58-57+/t75-,76-,77-,78-,86?/m0/s1. The molecule has 1 saturated heterocycles. The van der Waals surface area contributed by atoms with Gasteiger partial charge in [0.05, 0.1) is 46.2 Å². The van der Waals surface area contributed by atoms with Gasteiger partial charge in [0, 0.05) is 45.4 Å². The van der Waals surface area contributed by atoms with Gasteiger partial charge in [-0.1, -0.05) is 364 Å². The quantitative estimate of drug-likeness (QED) is 0.0191. The predicted octanol–water partition coefficient (Wildman–Crippen LogP) is 28.7. The first-order valence-electron chi connectivity index (χ1n) is 45.2. The molecule has 0 spiro atoms. The first-order chi connectivity index (χ1) is 55.3. The number of urea groups is 1. The summed E-state index contributed by atoms with van der Waals surface area (Å²) in [6.07, 6.45) is 59.2. The van der Waals surface area contributed by atoms with E-state index in [1.807, 2.05) is 45.9 Å². The summed E-state index contributed by atoms with van der Waals surface area (Å²) in [5.74, 6) is 8.29. The van der Waals surface area contributed by atoms with Crippen LogP contribution in [0.1, 0.15) is 354 Å². The lowest BCUT2D eigenvalue weighted by molar-refractivity contribution is 0.234. The largest absolute Gasteiger partial charge is 0.493 e. The molecule has 2 amide bonds. The van der Waals surface area contributed by atoms with Crippen LogP contribution in [0, 0.1) is 23.7 Å². The Hall–Kier alpha value is -6.52. The van der Waals surface area contributed by atoms with Crippen LogP contribution in [0.4, 0.5) is 16.7 Å². The van der Waals surface area contributed by atoms with Crippen LogP contribution in [-0.2, 0) is 0 Å². The fourth-order valence-electron chi connectivity index (χ4n) is 13.2. The molecule has 5 atom stereocenters. The van der Waals surface area contributed by atoms with Crippen molar-refractivity contribution in [3.8, 4) is 51.6 Å². The second-order valence-corrected chi connectivity index (χ2v) is 35.0. The van der Waals surface area contributed by atoms with E-state index in [0.29, 0.717) is 82.3 Å². The van der Waals surface area contributed by atoms with Crippen molar-refractivity contribution in [1.29, 1.82) is 0 Å². The maximum Gasteiger partial charge on any atom is 0.321 e. The molecule has 0 aliphatic carbocycles. The lowest BCUT2D eigenvalue weighted by Gasteiger charge is -2.19. The zero-order chi connectivity index (χ0) is 80.7. The molecule has 2 heterocycles.